The third-order valence-electron chi connectivity index (χ3n) is 3.24. The molecule has 0 aliphatic rings. The van der Waals surface area contributed by atoms with Gasteiger partial charge >= 0.3 is 12.0 Å². The number of carboxylic acid groups (broad SMARTS) is 1. The topological polar surface area (TPSA) is 60.9 Å². The van der Waals surface area contributed by atoms with Crippen LogP contribution in [0.1, 0.15) is 33.3 Å². The maximum atomic E-state index is 12.7. The molecule has 0 aromatic heterocycles. The molecule has 0 spiro atoms. The van der Waals surface area contributed by atoms with E-state index in [1.54, 1.807) is 4.90 Å². The molecule has 1 N–H and O–H groups in total. The van der Waals surface area contributed by atoms with E-state index >= 15 is 0 Å². The Bertz CT molecular complexity index is 472. The van der Waals surface area contributed by atoms with Crippen LogP contribution in [0.5, 0.6) is 0 Å². The number of hydrogen-bond acceptors (Lipinski definition) is 2. The van der Waals surface area contributed by atoms with Gasteiger partial charge < -0.3 is 14.9 Å². The maximum Gasteiger partial charge on any atom is 0.323 e. The number of carbonyl (C=O) groups excluding carboxylic acids is 1. The Morgan fingerprint density at radius 3 is 1.95 bits per heavy atom. The van der Waals surface area contributed by atoms with Crippen molar-refractivity contribution < 1.29 is 14.7 Å². The highest BCUT2D eigenvalue weighted by molar-refractivity contribution is 5.80. The smallest absolute Gasteiger partial charge is 0.323 e. The largest absolute Gasteiger partial charge is 0.480 e. The average Bonchev–Trinajstić information content (AvgIpc) is 2.42. The number of benzene rings is 1. The molecule has 0 fully saturated rings. The molecule has 0 atom stereocenters. The summed E-state index contributed by atoms with van der Waals surface area (Å²) in [5, 5.41) is 8.98. The molecule has 21 heavy (non-hydrogen) atoms. The van der Waals surface area contributed by atoms with E-state index in [4.69, 9.17) is 5.11 Å². The monoisotopic (exact) mass is 292 g/mol. The summed E-state index contributed by atoms with van der Waals surface area (Å²) >= 11 is 0. The molecule has 0 heterocycles. The standard InChI is InChI=1S/C16H24N2O3/c1-12(2)17(10-14-8-6-5-7-9-14)16(21)18(13(3)4)11-15(19)20/h5-9,12-13H,10-11H2,1-4H3,(H,19,20). The van der Waals surface area contributed by atoms with Crippen LogP contribution < -0.4 is 0 Å². The molecule has 1 aromatic carbocycles. The highest BCUT2D eigenvalue weighted by Crippen LogP contribution is 2.13. The van der Waals surface area contributed by atoms with E-state index in [0.717, 1.165) is 5.56 Å². The number of nitrogens with zero attached hydrogens (tertiary/aromatic N) is 2. The number of hydrogen-bond donors (Lipinski definition) is 1. The second kappa shape index (κ2) is 7.67. The van der Waals surface area contributed by atoms with Crippen molar-refractivity contribution >= 4 is 12.0 Å². The van der Waals surface area contributed by atoms with E-state index in [2.05, 4.69) is 0 Å². The summed E-state index contributed by atoms with van der Waals surface area (Å²) in [6, 6.07) is 9.28. The van der Waals surface area contributed by atoms with Gasteiger partial charge in [0.2, 0.25) is 0 Å². The van der Waals surface area contributed by atoms with Crippen LogP contribution in [-0.4, -0.2) is 45.5 Å². The zero-order valence-electron chi connectivity index (χ0n) is 13.1. The maximum absolute atomic E-state index is 12.7. The van der Waals surface area contributed by atoms with Crippen molar-refractivity contribution in [3.63, 3.8) is 0 Å². The molecular weight excluding hydrogens is 268 g/mol. The van der Waals surface area contributed by atoms with Crippen LogP contribution in [0.4, 0.5) is 4.79 Å². The lowest BCUT2D eigenvalue weighted by atomic mass is 10.2. The summed E-state index contributed by atoms with van der Waals surface area (Å²) in [6.07, 6.45) is 0. The Morgan fingerprint density at radius 2 is 1.52 bits per heavy atom. The number of urea groups is 1. The highest BCUT2D eigenvalue weighted by Gasteiger charge is 2.26. The third kappa shape index (κ3) is 5.10. The molecule has 0 saturated heterocycles. The Labute approximate surface area is 126 Å². The lowest BCUT2D eigenvalue weighted by Gasteiger charge is -2.34. The first-order chi connectivity index (χ1) is 9.82. The second-order valence-corrected chi connectivity index (χ2v) is 5.61. The van der Waals surface area contributed by atoms with Crippen LogP contribution in [0, 0.1) is 0 Å². The molecule has 1 aromatic rings. The minimum atomic E-state index is -1.000. The van der Waals surface area contributed by atoms with Crippen LogP contribution in [0.3, 0.4) is 0 Å². The summed E-state index contributed by atoms with van der Waals surface area (Å²) in [5.74, 6) is -1.000. The number of carbonyl (C=O) groups is 2. The van der Waals surface area contributed by atoms with Crippen LogP contribution >= 0.6 is 0 Å². The molecular formula is C16H24N2O3. The Hall–Kier alpha value is -2.04. The molecule has 0 aliphatic carbocycles. The lowest BCUT2D eigenvalue weighted by molar-refractivity contribution is -0.138. The summed E-state index contributed by atoms with van der Waals surface area (Å²) in [6.45, 7) is 7.69. The SMILES string of the molecule is CC(C)N(CC(=O)O)C(=O)N(Cc1ccccc1)C(C)C. The fourth-order valence-corrected chi connectivity index (χ4v) is 2.03. The van der Waals surface area contributed by atoms with Gasteiger partial charge in [0.15, 0.2) is 0 Å². The van der Waals surface area contributed by atoms with Crippen LogP contribution in [-0.2, 0) is 11.3 Å². The van der Waals surface area contributed by atoms with Crippen molar-refractivity contribution in [2.75, 3.05) is 6.54 Å². The first kappa shape index (κ1) is 17.0. The van der Waals surface area contributed by atoms with Gasteiger partial charge in [0.25, 0.3) is 0 Å². The van der Waals surface area contributed by atoms with E-state index < -0.39 is 5.97 Å². The zero-order valence-corrected chi connectivity index (χ0v) is 13.1. The predicted octanol–water partition coefficient (Wildman–Crippen LogP) is 2.81. The van der Waals surface area contributed by atoms with E-state index in [9.17, 15) is 9.59 Å². The molecule has 0 bridgehead atoms. The van der Waals surface area contributed by atoms with Gasteiger partial charge in [0.05, 0.1) is 0 Å². The Balaban J connectivity index is 2.92. The number of amides is 2. The lowest BCUT2D eigenvalue weighted by Crippen LogP contribution is -2.50. The average molecular weight is 292 g/mol. The van der Waals surface area contributed by atoms with Gasteiger partial charge in [-0.05, 0) is 33.3 Å². The van der Waals surface area contributed by atoms with Gasteiger partial charge in [-0.3, -0.25) is 4.79 Å². The Morgan fingerprint density at radius 1 is 1.00 bits per heavy atom. The van der Waals surface area contributed by atoms with Gasteiger partial charge in [0, 0.05) is 18.6 Å². The summed E-state index contributed by atoms with van der Waals surface area (Å²) in [7, 11) is 0. The van der Waals surface area contributed by atoms with E-state index in [0.29, 0.717) is 6.54 Å². The fraction of sp³-hybridized carbons (Fsp3) is 0.500. The first-order valence-corrected chi connectivity index (χ1v) is 7.16. The second-order valence-electron chi connectivity index (χ2n) is 5.61. The predicted molar refractivity (Wildman–Crippen MR) is 82.0 cm³/mol. The number of rotatable bonds is 6. The molecule has 5 heteroatoms. The molecule has 0 saturated carbocycles. The van der Waals surface area contributed by atoms with E-state index in [1.165, 1.54) is 4.90 Å². The van der Waals surface area contributed by atoms with Gasteiger partial charge in [-0.1, -0.05) is 30.3 Å². The molecule has 1 rings (SSSR count). The summed E-state index contributed by atoms with van der Waals surface area (Å²) in [5.41, 5.74) is 1.03. The minimum absolute atomic E-state index is 0.00671. The number of aliphatic carboxylic acids is 1. The zero-order chi connectivity index (χ0) is 16.0. The van der Waals surface area contributed by atoms with Gasteiger partial charge in [0.1, 0.15) is 6.54 Å². The third-order valence-corrected chi connectivity index (χ3v) is 3.24. The quantitative estimate of drug-likeness (QED) is 0.877. The fourth-order valence-electron chi connectivity index (χ4n) is 2.03. The summed E-state index contributed by atoms with van der Waals surface area (Å²) < 4.78 is 0. The first-order valence-electron chi connectivity index (χ1n) is 7.16. The Kier molecular flexibility index (Phi) is 6.21. The van der Waals surface area contributed by atoms with Crippen molar-refractivity contribution in [2.45, 2.75) is 46.3 Å². The molecule has 116 valence electrons. The van der Waals surface area contributed by atoms with Crippen molar-refractivity contribution in [3.8, 4) is 0 Å². The van der Waals surface area contributed by atoms with Crippen molar-refractivity contribution in [3.05, 3.63) is 35.9 Å². The molecule has 2 amide bonds. The number of carboxylic acids is 1. The van der Waals surface area contributed by atoms with Crippen molar-refractivity contribution in [1.82, 2.24) is 9.80 Å². The van der Waals surface area contributed by atoms with Crippen LogP contribution in [0.25, 0.3) is 0 Å². The van der Waals surface area contributed by atoms with Crippen molar-refractivity contribution in [2.24, 2.45) is 0 Å². The normalized spacial score (nSPS) is 10.8. The van der Waals surface area contributed by atoms with Gasteiger partial charge in [-0.2, -0.15) is 0 Å². The highest BCUT2D eigenvalue weighted by atomic mass is 16.4. The minimum Gasteiger partial charge on any atom is -0.480 e. The molecule has 5 nitrogen and oxygen atoms in total. The van der Waals surface area contributed by atoms with Gasteiger partial charge in [-0.25, -0.2) is 4.79 Å². The van der Waals surface area contributed by atoms with Crippen LogP contribution in [0.2, 0.25) is 0 Å². The van der Waals surface area contributed by atoms with Crippen LogP contribution in [0.15, 0.2) is 30.3 Å². The van der Waals surface area contributed by atoms with Crippen molar-refractivity contribution in [1.29, 1.82) is 0 Å². The van der Waals surface area contributed by atoms with E-state index in [-0.39, 0.29) is 24.7 Å². The van der Waals surface area contributed by atoms with Gasteiger partial charge in [-0.15, -0.1) is 0 Å². The molecule has 0 unspecified atom stereocenters. The van der Waals surface area contributed by atoms with E-state index in [1.807, 2.05) is 58.0 Å². The molecule has 0 aliphatic heterocycles. The summed E-state index contributed by atoms with van der Waals surface area (Å²) in [4.78, 5) is 26.7. The molecule has 0 radical (unpaired) electrons.